The van der Waals surface area contributed by atoms with E-state index in [9.17, 15) is 0 Å². The summed E-state index contributed by atoms with van der Waals surface area (Å²) < 4.78 is 5.52. The van der Waals surface area contributed by atoms with Crippen molar-refractivity contribution in [1.82, 2.24) is 15.5 Å². The number of benzene rings is 1. The number of hydrogen-bond acceptors (Lipinski definition) is 5. The average Bonchev–Trinajstić information content (AvgIpc) is 3.14. The van der Waals surface area contributed by atoms with Crippen molar-refractivity contribution in [2.24, 2.45) is 0 Å². The van der Waals surface area contributed by atoms with E-state index >= 15 is 0 Å². The fraction of sp³-hybridized carbons (Fsp3) is 0.467. The van der Waals surface area contributed by atoms with Gasteiger partial charge in [0, 0.05) is 17.4 Å². The zero-order chi connectivity index (χ0) is 13.4. The summed E-state index contributed by atoms with van der Waals surface area (Å²) >= 11 is 1.84. The topological polar surface area (TPSA) is 51.0 Å². The molecule has 0 saturated carbocycles. The molecule has 4 nitrogen and oxygen atoms in total. The molecule has 0 radical (unpaired) electrons. The summed E-state index contributed by atoms with van der Waals surface area (Å²) in [5, 5.41) is 7.89. The molecule has 1 aromatic carbocycles. The first kappa shape index (κ1) is 12.4. The van der Waals surface area contributed by atoms with Crippen molar-refractivity contribution in [3.05, 3.63) is 41.5 Å². The number of aromatic nitrogens is 2. The Hall–Kier alpha value is -1.33. The van der Waals surface area contributed by atoms with Crippen LogP contribution in [0.15, 0.2) is 33.7 Å². The molecule has 20 heavy (non-hydrogen) atoms. The molecule has 0 spiro atoms. The van der Waals surface area contributed by atoms with Gasteiger partial charge in [0.15, 0.2) is 5.82 Å². The van der Waals surface area contributed by atoms with Crippen LogP contribution in [0.5, 0.6) is 0 Å². The van der Waals surface area contributed by atoms with Crippen LogP contribution in [0, 0.1) is 0 Å². The molecule has 3 heterocycles. The molecule has 2 aliphatic rings. The predicted octanol–water partition coefficient (Wildman–Crippen LogP) is 2.93. The summed E-state index contributed by atoms with van der Waals surface area (Å²) in [5.41, 5.74) is 1.39. The SMILES string of the molecule is c1ccc2c(c1)CC(c1nc(C3CCCNC3)no1)S2. The maximum atomic E-state index is 5.52. The van der Waals surface area contributed by atoms with E-state index in [4.69, 9.17) is 4.52 Å². The first-order valence-corrected chi connectivity index (χ1v) is 8.07. The average molecular weight is 287 g/mol. The number of nitrogens with zero attached hydrogens (tertiary/aromatic N) is 2. The first-order chi connectivity index (χ1) is 9.90. The fourth-order valence-electron chi connectivity index (χ4n) is 2.94. The summed E-state index contributed by atoms with van der Waals surface area (Å²) in [6.45, 7) is 2.08. The van der Waals surface area contributed by atoms with Crippen LogP contribution in [0.4, 0.5) is 0 Å². The minimum Gasteiger partial charge on any atom is -0.338 e. The zero-order valence-electron chi connectivity index (χ0n) is 11.2. The van der Waals surface area contributed by atoms with Crippen LogP contribution in [0.25, 0.3) is 0 Å². The molecular formula is C15H17N3OS. The second-order valence-electron chi connectivity index (χ2n) is 5.45. The van der Waals surface area contributed by atoms with Gasteiger partial charge in [-0.2, -0.15) is 4.98 Å². The van der Waals surface area contributed by atoms with Crippen LogP contribution in [-0.2, 0) is 6.42 Å². The van der Waals surface area contributed by atoms with E-state index in [0.29, 0.717) is 5.92 Å². The lowest BCUT2D eigenvalue weighted by Gasteiger charge is -2.19. The number of thioether (sulfide) groups is 1. The summed E-state index contributed by atoms with van der Waals surface area (Å²) in [7, 11) is 0. The van der Waals surface area contributed by atoms with Gasteiger partial charge >= 0.3 is 0 Å². The molecule has 1 saturated heterocycles. The van der Waals surface area contributed by atoms with Crippen molar-refractivity contribution >= 4 is 11.8 Å². The maximum Gasteiger partial charge on any atom is 0.240 e. The van der Waals surface area contributed by atoms with Gasteiger partial charge < -0.3 is 9.84 Å². The second-order valence-corrected chi connectivity index (χ2v) is 6.70. The van der Waals surface area contributed by atoms with Crippen LogP contribution >= 0.6 is 11.8 Å². The molecule has 0 bridgehead atoms. The largest absolute Gasteiger partial charge is 0.338 e. The van der Waals surface area contributed by atoms with E-state index in [1.807, 2.05) is 11.8 Å². The summed E-state index contributed by atoms with van der Waals surface area (Å²) in [6.07, 6.45) is 3.34. The first-order valence-electron chi connectivity index (χ1n) is 7.19. The third-order valence-electron chi connectivity index (χ3n) is 4.04. The Morgan fingerprint density at radius 1 is 1.30 bits per heavy atom. The van der Waals surface area contributed by atoms with Crippen LogP contribution in [0.3, 0.4) is 0 Å². The Labute approximate surface area is 122 Å². The van der Waals surface area contributed by atoms with E-state index < -0.39 is 0 Å². The van der Waals surface area contributed by atoms with Crippen LogP contribution in [0.2, 0.25) is 0 Å². The van der Waals surface area contributed by atoms with Gasteiger partial charge in [-0.05, 0) is 37.4 Å². The molecule has 4 rings (SSSR count). The molecule has 0 amide bonds. The molecule has 0 aliphatic carbocycles. The highest BCUT2D eigenvalue weighted by molar-refractivity contribution is 7.99. The maximum absolute atomic E-state index is 5.52. The lowest BCUT2D eigenvalue weighted by molar-refractivity contribution is 0.360. The highest BCUT2D eigenvalue weighted by Gasteiger charge is 2.29. The van der Waals surface area contributed by atoms with E-state index in [-0.39, 0.29) is 5.25 Å². The van der Waals surface area contributed by atoms with Gasteiger partial charge in [-0.15, -0.1) is 11.8 Å². The Kier molecular flexibility index (Phi) is 3.24. The van der Waals surface area contributed by atoms with Gasteiger partial charge in [0.1, 0.15) is 0 Å². The van der Waals surface area contributed by atoms with Crippen molar-refractivity contribution in [3.8, 4) is 0 Å². The molecule has 5 heteroatoms. The minimum absolute atomic E-state index is 0.283. The lowest BCUT2D eigenvalue weighted by Crippen LogP contribution is -2.28. The number of piperidine rings is 1. The van der Waals surface area contributed by atoms with E-state index in [0.717, 1.165) is 37.6 Å². The van der Waals surface area contributed by atoms with Crippen molar-refractivity contribution < 1.29 is 4.52 Å². The van der Waals surface area contributed by atoms with E-state index in [1.165, 1.54) is 16.9 Å². The number of rotatable bonds is 2. The minimum atomic E-state index is 0.283. The number of fused-ring (bicyclic) bond motifs is 1. The van der Waals surface area contributed by atoms with E-state index in [1.54, 1.807) is 0 Å². The van der Waals surface area contributed by atoms with Crippen molar-refractivity contribution in [1.29, 1.82) is 0 Å². The molecule has 2 aromatic rings. The summed E-state index contributed by atoms with van der Waals surface area (Å²) in [5.74, 6) is 2.07. The Morgan fingerprint density at radius 3 is 3.10 bits per heavy atom. The second kappa shape index (κ2) is 5.22. The fourth-order valence-corrected chi connectivity index (χ4v) is 4.16. The Bertz CT molecular complexity index is 582. The monoisotopic (exact) mass is 287 g/mol. The molecule has 2 atom stereocenters. The van der Waals surface area contributed by atoms with Crippen LogP contribution in [-0.4, -0.2) is 23.2 Å². The lowest BCUT2D eigenvalue weighted by atomic mass is 9.99. The standard InChI is InChI=1S/C15H17N3OS/c1-2-6-12-10(4-1)8-13(20-12)15-17-14(18-19-15)11-5-3-7-16-9-11/h1-2,4,6,11,13,16H,3,5,7-9H2. The van der Waals surface area contributed by atoms with Gasteiger partial charge in [-0.3, -0.25) is 0 Å². The molecular weight excluding hydrogens is 270 g/mol. The molecule has 1 N–H and O–H groups in total. The highest BCUT2D eigenvalue weighted by atomic mass is 32.2. The molecule has 2 unspecified atom stereocenters. The molecule has 1 fully saturated rings. The predicted molar refractivity (Wildman–Crippen MR) is 77.9 cm³/mol. The summed E-state index contributed by atoms with van der Waals surface area (Å²) in [4.78, 5) is 6.00. The Balaban J connectivity index is 1.52. The quantitative estimate of drug-likeness (QED) is 0.920. The van der Waals surface area contributed by atoms with Crippen molar-refractivity contribution in [3.63, 3.8) is 0 Å². The normalized spacial score (nSPS) is 25.6. The summed E-state index contributed by atoms with van der Waals surface area (Å²) in [6, 6.07) is 8.53. The smallest absolute Gasteiger partial charge is 0.240 e. The van der Waals surface area contributed by atoms with Gasteiger partial charge in [0.05, 0.1) is 5.25 Å². The molecule has 2 aliphatic heterocycles. The van der Waals surface area contributed by atoms with Crippen molar-refractivity contribution in [2.75, 3.05) is 13.1 Å². The van der Waals surface area contributed by atoms with Gasteiger partial charge in [-0.25, -0.2) is 0 Å². The molecule has 1 aromatic heterocycles. The third kappa shape index (κ3) is 2.25. The third-order valence-corrected chi connectivity index (χ3v) is 5.35. The van der Waals surface area contributed by atoms with Gasteiger partial charge in [0.2, 0.25) is 5.89 Å². The Morgan fingerprint density at radius 2 is 2.25 bits per heavy atom. The van der Waals surface area contributed by atoms with Gasteiger partial charge in [0.25, 0.3) is 0 Å². The van der Waals surface area contributed by atoms with Crippen molar-refractivity contribution in [2.45, 2.75) is 35.3 Å². The zero-order valence-corrected chi connectivity index (χ0v) is 12.0. The molecule has 104 valence electrons. The highest BCUT2D eigenvalue weighted by Crippen LogP contribution is 2.45. The van der Waals surface area contributed by atoms with Crippen LogP contribution in [0.1, 0.15) is 41.3 Å². The number of nitrogens with one attached hydrogen (secondary N) is 1. The number of hydrogen-bond donors (Lipinski definition) is 1. The van der Waals surface area contributed by atoms with E-state index in [2.05, 4.69) is 39.7 Å². The van der Waals surface area contributed by atoms with Gasteiger partial charge in [-0.1, -0.05) is 23.4 Å². The van der Waals surface area contributed by atoms with Crippen LogP contribution < -0.4 is 5.32 Å².